The van der Waals surface area contributed by atoms with Crippen LogP contribution in [0, 0.1) is 12.7 Å². The Morgan fingerprint density at radius 1 is 1.35 bits per heavy atom. The zero-order chi connectivity index (χ0) is 14.1. The average Bonchev–Trinajstić information content (AvgIpc) is 2.87. The second-order valence-electron chi connectivity index (χ2n) is 4.64. The number of para-hydroxylation sites is 1. The number of pyridine rings is 1. The molecule has 2 aromatic heterocycles. The Kier molecular flexibility index (Phi) is 3.22. The van der Waals surface area contributed by atoms with Crippen LogP contribution in [0.5, 0.6) is 0 Å². The number of halogens is 1. The van der Waals surface area contributed by atoms with Crippen LogP contribution in [0.4, 0.5) is 4.39 Å². The van der Waals surface area contributed by atoms with E-state index in [9.17, 15) is 4.39 Å². The van der Waals surface area contributed by atoms with Crippen molar-refractivity contribution in [1.82, 2.24) is 10.4 Å². The molecule has 2 heterocycles. The highest BCUT2D eigenvalue weighted by atomic mass is 19.1. The molecule has 1 unspecified atom stereocenters. The minimum Gasteiger partial charge on any atom is -0.459 e. The lowest BCUT2D eigenvalue weighted by Gasteiger charge is -2.13. The molecule has 0 spiro atoms. The van der Waals surface area contributed by atoms with E-state index in [1.54, 1.807) is 6.07 Å². The molecule has 0 saturated heterocycles. The maximum atomic E-state index is 13.8. The summed E-state index contributed by atoms with van der Waals surface area (Å²) in [6.45, 7) is 1.97. The average molecular weight is 271 g/mol. The summed E-state index contributed by atoms with van der Waals surface area (Å²) in [5.74, 6) is 5.72. The van der Waals surface area contributed by atoms with Crippen LogP contribution < -0.4 is 11.3 Å². The van der Waals surface area contributed by atoms with Gasteiger partial charge >= 0.3 is 0 Å². The lowest BCUT2D eigenvalue weighted by atomic mass is 10.1. The van der Waals surface area contributed by atoms with Crippen molar-refractivity contribution < 1.29 is 8.81 Å². The van der Waals surface area contributed by atoms with Crippen LogP contribution in [0.25, 0.3) is 11.0 Å². The number of aryl methyl sites for hydroxylation is 1. The number of hydrogen-bond donors (Lipinski definition) is 2. The molecule has 5 heteroatoms. The molecule has 0 aliphatic carbocycles. The lowest BCUT2D eigenvalue weighted by molar-refractivity contribution is 0.461. The molecule has 0 bridgehead atoms. The van der Waals surface area contributed by atoms with Crippen LogP contribution in [0.3, 0.4) is 0 Å². The van der Waals surface area contributed by atoms with Gasteiger partial charge in [0.2, 0.25) is 0 Å². The van der Waals surface area contributed by atoms with Gasteiger partial charge in [0.05, 0.1) is 6.20 Å². The number of nitrogens with zero attached hydrogens (tertiary/aromatic N) is 1. The van der Waals surface area contributed by atoms with Gasteiger partial charge in [-0.05, 0) is 24.6 Å². The van der Waals surface area contributed by atoms with Gasteiger partial charge in [-0.2, -0.15) is 0 Å². The number of hydrogen-bond acceptors (Lipinski definition) is 4. The van der Waals surface area contributed by atoms with E-state index >= 15 is 0 Å². The highest BCUT2D eigenvalue weighted by Crippen LogP contribution is 2.30. The second kappa shape index (κ2) is 5.03. The predicted molar refractivity (Wildman–Crippen MR) is 74.3 cm³/mol. The van der Waals surface area contributed by atoms with Gasteiger partial charge in [-0.3, -0.25) is 10.8 Å². The number of nitrogens with two attached hydrogens (primary N) is 1. The van der Waals surface area contributed by atoms with Gasteiger partial charge in [0.1, 0.15) is 23.2 Å². The SMILES string of the molecule is Cc1cccc2cc(C(NN)c3ccncc3F)oc12. The van der Waals surface area contributed by atoms with Gasteiger partial charge in [-0.15, -0.1) is 0 Å². The Hall–Kier alpha value is -2.24. The van der Waals surface area contributed by atoms with E-state index in [0.29, 0.717) is 11.3 Å². The van der Waals surface area contributed by atoms with Crippen molar-refractivity contribution in [2.45, 2.75) is 13.0 Å². The van der Waals surface area contributed by atoms with Gasteiger partial charge in [0.25, 0.3) is 0 Å². The smallest absolute Gasteiger partial charge is 0.146 e. The maximum Gasteiger partial charge on any atom is 0.146 e. The van der Waals surface area contributed by atoms with Crippen molar-refractivity contribution in [2.75, 3.05) is 0 Å². The monoisotopic (exact) mass is 271 g/mol. The van der Waals surface area contributed by atoms with Gasteiger partial charge in [-0.25, -0.2) is 9.82 Å². The van der Waals surface area contributed by atoms with E-state index in [0.717, 1.165) is 22.7 Å². The molecule has 3 aromatic rings. The molecule has 0 aliphatic heterocycles. The Morgan fingerprint density at radius 2 is 2.20 bits per heavy atom. The van der Waals surface area contributed by atoms with Crippen LogP contribution in [-0.2, 0) is 0 Å². The summed E-state index contributed by atoms with van der Waals surface area (Å²) in [4.78, 5) is 3.74. The van der Waals surface area contributed by atoms with E-state index in [1.807, 2.05) is 31.2 Å². The third kappa shape index (κ3) is 2.07. The van der Waals surface area contributed by atoms with Crippen molar-refractivity contribution in [2.24, 2.45) is 5.84 Å². The molecule has 20 heavy (non-hydrogen) atoms. The Labute approximate surface area is 115 Å². The Morgan fingerprint density at radius 3 is 2.90 bits per heavy atom. The molecule has 0 saturated carbocycles. The van der Waals surface area contributed by atoms with Crippen molar-refractivity contribution in [1.29, 1.82) is 0 Å². The summed E-state index contributed by atoms with van der Waals surface area (Å²) < 4.78 is 19.7. The number of furan rings is 1. The van der Waals surface area contributed by atoms with E-state index in [2.05, 4.69) is 10.4 Å². The summed E-state index contributed by atoms with van der Waals surface area (Å²) >= 11 is 0. The molecule has 102 valence electrons. The van der Waals surface area contributed by atoms with E-state index < -0.39 is 11.9 Å². The van der Waals surface area contributed by atoms with E-state index in [1.165, 1.54) is 6.20 Å². The first-order valence-electron chi connectivity index (χ1n) is 6.25. The van der Waals surface area contributed by atoms with Crippen LogP contribution >= 0.6 is 0 Å². The van der Waals surface area contributed by atoms with Crippen LogP contribution in [0.1, 0.15) is 22.9 Å². The zero-order valence-corrected chi connectivity index (χ0v) is 10.9. The topological polar surface area (TPSA) is 64.1 Å². The number of aromatic nitrogens is 1. The van der Waals surface area contributed by atoms with E-state index in [-0.39, 0.29) is 0 Å². The number of benzene rings is 1. The third-order valence-corrected chi connectivity index (χ3v) is 3.33. The summed E-state index contributed by atoms with van der Waals surface area (Å²) in [6.07, 6.45) is 2.68. The molecule has 1 atom stereocenters. The van der Waals surface area contributed by atoms with Crippen molar-refractivity contribution in [3.05, 3.63) is 65.4 Å². The standard InChI is InChI=1S/C15H14FN3O/c1-9-3-2-4-10-7-13(20-15(9)10)14(19-17)11-5-6-18-8-12(11)16/h2-8,14,19H,17H2,1H3. The Bertz CT molecular complexity index is 754. The second-order valence-corrected chi connectivity index (χ2v) is 4.64. The molecule has 0 radical (unpaired) electrons. The minimum absolute atomic E-state index is 0.402. The minimum atomic E-state index is -0.551. The fraction of sp³-hybridized carbons (Fsp3) is 0.133. The fourth-order valence-corrected chi connectivity index (χ4v) is 2.32. The molecule has 3 N–H and O–H groups in total. The number of hydrazine groups is 1. The largest absolute Gasteiger partial charge is 0.459 e. The third-order valence-electron chi connectivity index (χ3n) is 3.33. The first kappa shape index (κ1) is 12.8. The molecule has 4 nitrogen and oxygen atoms in total. The first-order chi connectivity index (χ1) is 9.70. The molecule has 1 aromatic carbocycles. The van der Waals surface area contributed by atoms with Crippen LogP contribution in [0.15, 0.2) is 47.1 Å². The molecule has 0 fully saturated rings. The summed E-state index contributed by atoms with van der Waals surface area (Å²) in [6, 6.07) is 8.77. The van der Waals surface area contributed by atoms with Crippen molar-refractivity contribution in [3.63, 3.8) is 0 Å². The Balaban J connectivity index is 2.12. The summed E-state index contributed by atoms with van der Waals surface area (Å²) in [5.41, 5.74) is 4.81. The normalized spacial score (nSPS) is 12.8. The van der Waals surface area contributed by atoms with Gasteiger partial charge in [-0.1, -0.05) is 18.2 Å². The molecule has 0 aliphatic rings. The van der Waals surface area contributed by atoms with Crippen LogP contribution in [-0.4, -0.2) is 4.98 Å². The highest BCUT2D eigenvalue weighted by Gasteiger charge is 2.20. The number of rotatable bonds is 3. The van der Waals surface area contributed by atoms with Gasteiger partial charge in [0.15, 0.2) is 0 Å². The van der Waals surface area contributed by atoms with Gasteiger partial charge < -0.3 is 4.42 Å². The molecule has 3 rings (SSSR count). The number of nitrogens with one attached hydrogen (secondary N) is 1. The van der Waals surface area contributed by atoms with Crippen molar-refractivity contribution >= 4 is 11.0 Å². The summed E-state index contributed by atoms with van der Waals surface area (Å²) in [7, 11) is 0. The molecule has 0 amide bonds. The van der Waals surface area contributed by atoms with Gasteiger partial charge in [0, 0.05) is 17.1 Å². The highest BCUT2D eigenvalue weighted by molar-refractivity contribution is 5.81. The number of fused-ring (bicyclic) bond motifs is 1. The fourth-order valence-electron chi connectivity index (χ4n) is 2.32. The quantitative estimate of drug-likeness (QED) is 0.568. The van der Waals surface area contributed by atoms with E-state index in [4.69, 9.17) is 10.3 Å². The molecular weight excluding hydrogens is 257 g/mol. The van der Waals surface area contributed by atoms with Crippen LogP contribution in [0.2, 0.25) is 0 Å². The van der Waals surface area contributed by atoms with Crippen molar-refractivity contribution in [3.8, 4) is 0 Å². The summed E-state index contributed by atoms with van der Waals surface area (Å²) in [5, 5.41) is 0.967. The maximum absolute atomic E-state index is 13.8. The lowest BCUT2D eigenvalue weighted by Crippen LogP contribution is -2.29. The first-order valence-corrected chi connectivity index (χ1v) is 6.25. The predicted octanol–water partition coefficient (Wildman–Crippen LogP) is 2.83. The molecular formula is C15H14FN3O. The zero-order valence-electron chi connectivity index (χ0n) is 10.9.